The molecule has 0 aliphatic carbocycles. The summed E-state index contributed by atoms with van der Waals surface area (Å²) in [6.07, 6.45) is 1.12. The molecular formula is C24H24Cl2N2O3S. The zero-order valence-electron chi connectivity index (χ0n) is 18.0. The summed E-state index contributed by atoms with van der Waals surface area (Å²) in [6, 6.07) is 19.3. The Hall–Kier alpha value is -2.54. The molecule has 3 aromatic rings. The molecule has 5 nitrogen and oxygen atoms in total. The van der Waals surface area contributed by atoms with Crippen LogP contribution in [0.1, 0.15) is 40.0 Å². The molecule has 0 aliphatic rings. The van der Waals surface area contributed by atoms with Crippen molar-refractivity contribution >= 4 is 44.8 Å². The monoisotopic (exact) mass is 490 g/mol. The molecule has 0 aliphatic heterocycles. The third-order valence-electron chi connectivity index (χ3n) is 5.00. The molecule has 0 radical (unpaired) electrons. The fraction of sp³-hybridized carbons (Fsp3) is 0.208. The van der Waals surface area contributed by atoms with Crippen molar-refractivity contribution in [2.24, 2.45) is 0 Å². The average Bonchev–Trinajstić information content (AvgIpc) is 2.71. The van der Waals surface area contributed by atoms with Gasteiger partial charge in [0.15, 0.2) is 0 Å². The molecule has 0 aromatic heterocycles. The first kappa shape index (κ1) is 24.1. The molecule has 3 aromatic carbocycles. The molecule has 1 atom stereocenters. The Labute approximate surface area is 199 Å². The van der Waals surface area contributed by atoms with Gasteiger partial charge in [-0.2, -0.15) is 0 Å². The van der Waals surface area contributed by atoms with Gasteiger partial charge >= 0.3 is 0 Å². The van der Waals surface area contributed by atoms with Gasteiger partial charge < -0.3 is 5.32 Å². The Morgan fingerprint density at radius 1 is 0.969 bits per heavy atom. The number of amides is 1. The molecule has 3 rings (SSSR count). The second-order valence-electron chi connectivity index (χ2n) is 7.70. The number of hydrogen-bond acceptors (Lipinski definition) is 3. The van der Waals surface area contributed by atoms with Gasteiger partial charge in [-0.3, -0.25) is 9.10 Å². The van der Waals surface area contributed by atoms with Gasteiger partial charge in [-0.05, 0) is 55.3 Å². The molecule has 0 saturated heterocycles. The maximum absolute atomic E-state index is 12.6. The lowest BCUT2D eigenvalue weighted by Gasteiger charge is -2.23. The number of rotatable bonds is 7. The van der Waals surface area contributed by atoms with Crippen LogP contribution in [0.4, 0.5) is 5.69 Å². The molecule has 0 heterocycles. The molecular weight excluding hydrogens is 467 g/mol. The number of hydrogen-bond donors (Lipinski definition) is 1. The predicted octanol–water partition coefficient (Wildman–Crippen LogP) is 5.76. The van der Waals surface area contributed by atoms with E-state index in [0.717, 1.165) is 22.9 Å². The first-order valence-corrected chi connectivity index (χ1v) is 12.5. The van der Waals surface area contributed by atoms with Gasteiger partial charge in [-0.25, -0.2) is 8.42 Å². The van der Waals surface area contributed by atoms with Crippen LogP contribution in [0.2, 0.25) is 10.0 Å². The van der Waals surface area contributed by atoms with Crippen molar-refractivity contribution in [2.75, 3.05) is 10.6 Å². The van der Waals surface area contributed by atoms with Crippen LogP contribution in [0, 0.1) is 6.92 Å². The minimum absolute atomic E-state index is 0.0805. The normalized spacial score (nSPS) is 12.3. The average molecular weight is 491 g/mol. The number of carbonyl (C=O) groups excluding carboxylic acids is 1. The third kappa shape index (κ3) is 6.25. The SMILES string of the molecule is Cc1ccc(C(C)NC(=O)c2ccc(CN(c3cc(Cl)cc(Cl)c3)S(C)(=O)=O)cc2)cc1. The van der Waals surface area contributed by atoms with Crippen molar-refractivity contribution in [3.63, 3.8) is 0 Å². The topological polar surface area (TPSA) is 66.5 Å². The van der Waals surface area contributed by atoms with Crippen molar-refractivity contribution in [2.45, 2.75) is 26.4 Å². The van der Waals surface area contributed by atoms with Crippen LogP contribution in [0.5, 0.6) is 0 Å². The molecule has 1 N–H and O–H groups in total. The number of carbonyl (C=O) groups is 1. The third-order valence-corrected chi connectivity index (χ3v) is 6.58. The highest BCUT2D eigenvalue weighted by atomic mass is 35.5. The van der Waals surface area contributed by atoms with Crippen molar-refractivity contribution in [3.8, 4) is 0 Å². The Bertz CT molecular complexity index is 1190. The lowest BCUT2D eigenvalue weighted by atomic mass is 10.1. The zero-order valence-corrected chi connectivity index (χ0v) is 20.3. The Balaban J connectivity index is 1.74. The highest BCUT2D eigenvalue weighted by molar-refractivity contribution is 7.92. The second-order valence-corrected chi connectivity index (χ2v) is 10.5. The van der Waals surface area contributed by atoms with E-state index in [2.05, 4.69) is 5.32 Å². The number of anilines is 1. The Morgan fingerprint density at radius 3 is 2.06 bits per heavy atom. The predicted molar refractivity (Wildman–Crippen MR) is 131 cm³/mol. The summed E-state index contributed by atoms with van der Waals surface area (Å²) >= 11 is 12.1. The molecule has 8 heteroatoms. The lowest BCUT2D eigenvalue weighted by molar-refractivity contribution is 0.0940. The van der Waals surface area contributed by atoms with Gasteiger partial charge in [0.25, 0.3) is 5.91 Å². The highest BCUT2D eigenvalue weighted by Crippen LogP contribution is 2.28. The summed E-state index contributed by atoms with van der Waals surface area (Å²) in [7, 11) is -3.59. The van der Waals surface area contributed by atoms with Crippen LogP contribution in [0.3, 0.4) is 0 Å². The van der Waals surface area contributed by atoms with Crippen molar-refractivity contribution in [3.05, 3.63) is 99.0 Å². The number of halogens is 2. The summed E-state index contributed by atoms with van der Waals surface area (Å²) < 4.78 is 26.0. The van der Waals surface area contributed by atoms with E-state index in [0.29, 0.717) is 21.3 Å². The van der Waals surface area contributed by atoms with Crippen LogP contribution in [0.15, 0.2) is 66.7 Å². The van der Waals surface area contributed by atoms with Crippen LogP contribution in [0.25, 0.3) is 0 Å². The summed E-state index contributed by atoms with van der Waals surface area (Å²) in [6.45, 7) is 4.02. The fourth-order valence-corrected chi connectivity index (χ4v) is 4.62. The van der Waals surface area contributed by atoms with E-state index in [9.17, 15) is 13.2 Å². The molecule has 0 spiro atoms. The van der Waals surface area contributed by atoms with Crippen molar-refractivity contribution < 1.29 is 13.2 Å². The number of nitrogens with zero attached hydrogens (tertiary/aromatic N) is 1. The number of nitrogens with one attached hydrogen (secondary N) is 1. The van der Waals surface area contributed by atoms with E-state index in [1.807, 2.05) is 38.1 Å². The van der Waals surface area contributed by atoms with Crippen LogP contribution >= 0.6 is 23.2 Å². The number of sulfonamides is 1. The summed E-state index contributed by atoms with van der Waals surface area (Å²) in [5.74, 6) is -0.203. The quantitative estimate of drug-likeness (QED) is 0.457. The number of aryl methyl sites for hydroxylation is 1. The maximum Gasteiger partial charge on any atom is 0.251 e. The van der Waals surface area contributed by atoms with E-state index < -0.39 is 10.0 Å². The molecule has 0 bridgehead atoms. The molecule has 0 saturated carbocycles. The molecule has 1 unspecified atom stereocenters. The first-order valence-electron chi connectivity index (χ1n) is 9.93. The Kier molecular flexibility index (Phi) is 7.49. The first-order chi connectivity index (χ1) is 15.0. The molecule has 0 fully saturated rings. The lowest BCUT2D eigenvalue weighted by Crippen LogP contribution is -2.29. The van der Waals surface area contributed by atoms with Gasteiger partial charge in [-0.15, -0.1) is 0 Å². The zero-order chi connectivity index (χ0) is 23.5. The van der Waals surface area contributed by atoms with Crippen molar-refractivity contribution in [1.82, 2.24) is 5.32 Å². The minimum atomic E-state index is -3.59. The second kappa shape index (κ2) is 9.94. The van der Waals surface area contributed by atoms with Gasteiger partial charge in [-0.1, -0.05) is 65.2 Å². The van der Waals surface area contributed by atoms with E-state index in [1.54, 1.807) is 36.4 Å². The van der Waals surface area contributed by atoms with Crippen LogP contribution in [-0.4, -0.2) is 20.6 Å². The largest absolute Gasteiger partial charge is 0.346 e. The summed E-state index contributed by atoms with van der Waals surface area (Å²) in [5, 5.41) is 3.67. The van der Waals surface area contributed by atoms with Gasteiger partial charge in [0.1, 0.15) is 0 Å². The molecule has 1 amide bonds. The van der Waals surface area contributed by atoms with Crippen LogP contribution < -0.4 is 9.62 Å². The van der Waals surface area contributed by atoms with Crippen LogP contribution in [-0.2, 0) is 16.6 Å². The molecule has 168 valence electrons. The minimum Gasteiger partial charge on any atom is -0.346 e. The van der Waals surface area contributed by atoms with E-state index in [-0.39, 0.29) is 18.5 Å². The van der Waals surface area contributed by atoms with E-state index >= 15 is 0 Å². The van der Waals surface area contributed by atoms with Gasteiger partial charge in [0.2, 0.25) is 10.0 Å². The standard InChI is InChI=1S/C24H24Cl2N2O3S/c1-16-4-8-19(9-5-16)17(2)27-24(29)20-10-6-18(7-11-20)15-28(32(3,30)31)23-13-21(25)12-22(26)14-23/h4-14,17H,15H2,1-3H3,(H,27,29). The van der Waals surface area contributed by atoms with E-state index in [1.165, 1.54) is 10.4 Å². The van der Waals surface area contributed by atoms with Gasteiger partial charge in [0, 0.05) is 15.6 Å². The van der Waals surface area contributed by atoms with Gasteiger partial charge in [0.05, 0.1) is 24.5 Å². The maximum atomic E-state index is 12.6. The molecule has 32 heavy (non-hydrogen) atoms. The summed E-state index contributed by atoms with van der Waals surface area (Å²) in [5.41, 5.74) is 3.76. The number of benzene rings is 3. The summed E-state index contributed by atoms with van der Waals surface area (Å²) in [4.78, 5) is 12.6. The highest BCUT2D eigenvalue weighted by Gasteiger charge is 2.19. The van der Waals surface area contributed by atoms with Crippen molar-refractivity contribution in [1.29, 1.82) is 0 Å². The smallest absolute Gasteiger partial charge is 0.251 e. The fourth-order valence-electron chi connectivity index (χ4n) is 3.23. The van der Waals surface area contributed by atoms with E-state index in [4.69, 9.17) is 23.2 Å². The Morgan fingerprint density at radius 2 is 1.53 bits per heavy atom.